The minimum atomic E-state index is -8.11. The van der Waals surface area contributed by atoms with E-state index in [9.17, 15) is 96.6 Å². The average Bonchev–Trinajstić information content (AvgIpc) is 2.47. The van der Waals surface area contributed by atoms with Crippen LogP contribution in [0, 0.1) is 0 Å². The van der Waals surface area contributed by atoms with Gasteiger partial charge in [0.1, 0.15) is 0 Å². The standard InChI is InChI=1S/C12H4F22O/c13-3(7(19,20)21,1-5(15,16)9(25,26)27)11(31,32)35-12(33,34)4(14,8(22,23)24)2-6(17,18)10(28,29)30/h1-2H2. The molecule has 35 heavy (non-hydrogen) atoms. The summed E-state index contributed by atoms with van der Waals surface area (Å²) in [4.78, 5) is 0. The summed E-state index contributed by atoms with van der Waals surface area (Å²) in [6.45, 7) is 0. The summed E-state index contributed by atoms with van der Waals surface area (Å²) < 4.78 is 282. The number of hydrogen-bond acceptors (Lipinski definition) is 1. The molecule has 2 atom stereocenters. The molecular formula is C12H4F22O. The van der Waals surface area contributed by atoms with Gasteiger partial charge in [0.25, 0.3) is 0 Å². The van der Waals surface area contributed by atoms with Crippen molar-refractivity contribution in [1.29, 1.82) is 0 Å². The van der Waals surface area contributed by atoms with Crippen LogP contribution in [-0.4, -0.2) is 60.1 Å². The highest BCUT2D eigenvalue weighted by atomic mass is 19.4. The molecule has 0 aromatic rings. The van der Waals surface area contributed by atoms with E-state index in [1.807, 2.05) is 0 Å². The van der Waals surface area contributed by atoms with Crippen molar-refractivity contribution in [3.05, 3.63) is 0 Å². The Morgan fingerprint density at radius 3 is 0.657 bits per heavy atom. The van der Waals surface area contributed by atoms with Gasteiger partial charge in [0.05, 0.1) is 12.8 Å². The average molecular weight is 582 g/mol. The smallest absolute Gasteiger partial charge is 0.250 e. The normalized spacial score (nSPS) is 19.4. The molecule has 2 unspecified atom stereocenters. The quantitative estimate of drug-likeness (QED) is 0.265. The van der Waals surface area contributed by atoms with Crippen molar-refractivity contribution in [1.82, 2.24) is 0 Å². The first-order valence-electron chi connectivity index (χ1n) is 7.48. The van der Waals surface area contributed by atoms with Crippen LogP contribution in [0.5, 0.6) is 0 Å². The van der Waals surface area contributed by atoms with Crippen molar-refractivity contribution in [3.8, 4) is 0 Å². The number of alkyl halides is 22. The summed E-state index contributed by atoms with van der Waals surface area (Å²) >= 11 is 0. The summed E-state index contributed by atoms with van der Waals surface area (Å²) in [6, 6.07) is 0. The minimum Gasteiger partial charge on any atom is -0.250 e. The van der Waals surface area contributed by atoms with Crippen molar-refractivity contribution in [2.75, 3.05) is 0 Å². The molecule has 0 bridgehead atoms. The van der Waals surface area contributed by atoms with Crippen LogP contribution in [0.1, 0.15) is 12.8 Å². The van der Waals surface area contributed by atoms with E-state index >= 15 is 0 Å². The van der Waals surface area contributed by atoms with Gasteiger partial charge in [-0.2, -0.15) is 87.8 Å². The van der Waals surface area contributed by atoms with Gasteiger partial charge in [0.15, 0.2) is 0 Å². The van der Waals surface area contributed by atoms with Crippen LogP contribution >= 0.6 is 0 Å². The van der Waals surface area contributed by atoms with Crippen molar-refractivity contribution in [2.45, 2.75) is 72.9 Å². The van der Waals surface area contributed by atoms with Gasteiger partial charge in [-0.05, 0) is 0 Å². The Kier molecular flexibility index (Phi) is 8.10. The Labute approximate surface area is 176 Å². The number of rotatable bonds is 8. The molecule has 0 heterocycles. The predicted molar refractivity (Wildman–Crippen MR) is 62.0 cm³/mol. The molecule has 0 N–H and O–H groups in total. The van der Waals surface area contributed by atoms with Crippen LogP contribution < -0.4 is 0 Å². The van der Waals surface area contributed by atoms with E-state index in [4.69, 9.17) is 0 Å². The van der Waals surface area contributed by atoms with E-state index in [1.54, 1.807) is 0 Å². The monoisotopic (exact) mass is 582 g/mol. The maximum absolute atomic E-state index is 13.8. The lowest BCUT2D eigenvalue weighted by molar-refractivity contribution is -0.492. The molecule has 0 radical (unpaired) electrons. The molecule has 0 saturated carbocycles. The van der Waals surface area contributed by atoms with Crippen molar-refractivity contribution in [3.63, 3.8) is 0 Å². The first-order chi connectivity index (χ1) is 14.6. The maximum Gasteiger partial charge on any atom is 0.453 e. The van der Waals surface area contributed by atoms with Gasteiger partial charge in [-0.25, -0.2) is 13.5 Å². The maximum atomic E-state index is 13.8. The zero-order valence-corrected chi connectivity index (χ0v) is 15.1. The fourth-order valence-corrected chi connectivity index (χ4v) is 1.87. The zero-order valence-electron chi connectivity index (χ0n) is 15.1. The van der Waals surface area contributed by atoms with E-state index in [0.29, 0.717) is 0 Å². The van der Waals surface area contributed by atoms with E-state index < -0.39 is 72.9 Å². The molecule has 0 aliphatic heterocycles. The Morgan fingerprint density at radius 2 is 0.514 bits per heavy atom. The summed E-state index contributed by atoms with van der Waals surface area (Å²) in [5.74, 6) is -14.5. The van der Waals surface area contributed by atoms with Gasteiger partial charge >= 0.3 is 60.1 Å². The molecule has 0 fully saturated rings. The van der Waals surface area contributed by atoms with Crippen LogP contribution in [0.2, 0.25) is 0 Å². The third-order valence-corrected chi connectivity index (χ3v) is 3.84. The molecule has 0 amide bonds. The van der Waals surface area contributed by atoms with Gasteiger partial charge in [-0.1, -0.05) is 0 Å². The van der Waals surface area contributed by atoms with Crippen LogP contribution in [0.4, 0.5) is 96.6 Å². The van der Waals surface area contributed by atoms with Crippen molar-refractivity contribution < 1.29 is 101 Å². The third-order valence-electron chi connectivity index (χ3n) is 3.84. The highest BCUT2D eigenvalue weighted by Crippen LogP contribution is 2.59. The number of halogens is 22. The minimum absolute atomic E-state index is 1.27. The van der Waals surface area contributed by atoms with E-state index in [2.05, 4.69) is 0 Å². The van der Waals surface area contributed by atoms with Crippen LogP contribution in [0.25, 0.3) is 0 Å². The predicted octanol–water partition coefficient (Wildman–Crippen LogP) is 7.91. The second-order valence-corrected chi connectivity index (χ2v) is 6.49. The number of hydrogen-bond donors (Lipinski definition) is 0. The highest BCUT2D eigenvalue weighted by molar-refractivity contribution is 5.05. The molecule has 0 aromatic heterocycles. The van der Waals surface area contributed by atoms with Crippen molar-refractivity contribution in [2.24, 2.45) is 0 Å². The molecule has 1 nitrogen and oxygen atoms in total. The molecule has 0 spiro atoms. The molecule has 0 rings (SSSR count). The summed E-state index contributed by atoms with van der Waals surface area (Å²) in [5.41, 5.74) is -15.5. The molecular weight excluding hydrogens is 578 g/mol. The Balaban J connectivity index is 6.83. The molecule has 0 aromatic carbocycles. The SMILES string of the molecule is FC(F)(F)C(F)(F)CC(F)(C(F)(F)F)C(F)(F)OC(F)(F)C(F)(CC(F)(F)C(F)(F)F)C(F)(F)F. The largest absolute Gasteiger partial charge is 0.453 e. The number of ether oxygens (including phenoxy) is 1. The highest BCUT2D eigenvalue weighted by Gasteiger charge is 2.84. The van der Waals surface area contributed by atoms with Gasteiger partial charge in [0.2, 0.25) is 0 Å². The van der Waals surface area contributed by atoms with Crippen LogP contribution in [0.3, 0.4) is 0 Å². The Hall–Kier alpha value is -1.58. The third kappa shape index (κ3) is 6.05. The zero-order chi connectivity index (χ0) is 29.1. The van der Waals surface area contributed by atoms with Gasteiger partial charge < -0.3 is 0 Å². The second-order valence-electron chi connectivity index (χ2n) is 6.49. The van der Waals surface area contributed by atoms with Crippen LogP contribution in [-0.2, 0) is 4.74 Å². The van der Waals surface area contributed by atoms with Gasteiger partial charge in [0, 0.05) is 0 Å². The van der Waals surface area contributed by atoms with Crippen molar-refractivity contribution >= 4 is 0 Å². The first kappa shape index (κ1) is 33.4. The molecule has 0 aliphatic carbocycles. The summed E-state index contributed by atoms with van der Waals surface area (Å²) in [5, 5.41) is 0. The fraction of sp³-hybridized carbons (Fsp3) is 1.00. The lowest BCUT2D eigenvalue weighted by Gasteiger charge is -2.41. The van der Waals surface area contributed by atoms with Gasteiger partial charge in [-0.15, -0.1) is 0 Å². The Bertz CT molecular complexity index is 675. The summed E-state index contributed by atoms with van der Waals surface area (Å²) in [7, 11) is 0. The lowest BCUT2D eigenvalue weighted by atomic mass is 9.92. The lowest BCUT2D eigenvalue weighted by Crippen LogP contribution is -2.67. The molecule has 0 aliphatic rings. The van der Waals surface area contributed by atoms with E-state index in [0.717, 1.165) is 0 Å². The van der Waals surface area contributed by atoms with Crippen LogP contribution in [0.15, 0.2) is 0 Å². The van der Waals surface area contributed by atoms with E-state index in [1.165, 1.54) is 4.74 Å². The van der Waals surface area contributed by atoms with E-state index in [-0.39, 0.29) is 0 Å². The van der Waals surface area contributed by atoms with Gasteiger partial charge in [-0.3, -0.25) is 0 Å². The molecule has 212 valence electrons. The molecule has 0 saturated heterocycles. The fourth-order valence-electron chi connectivity index (χ4n) is 1.87. The second kappa shape index (κ2) is 8.48. The Morgan fingerprint density at radius 1 is 0.314 bits per heavy atom. The first-order valence-corrected chi connectivity index (χ1v) is 7.48. The summed E-state index contributed by atoms with van der Waals surface area (Å²) in [6.07, 6.45) is -56.6. The topological polar surface area (TPSA) is 9.23 Å². The molecule has 23 heteroatoms.